The van der Waals surface area contributed by atoms with Crippen molar-refractivity contribution in [3.63, 3.8) is 0 Å². The standard InChI is InChI=1S/C13H23F2N3O.2ClH/c1-3-18-6-4-5-10(18)8-17(2)12(19)11-7-13(14,15)9-16-11;;/h10-11,16H,3-9H2,1-2H3;2*1H. The second-order valence-corrected chi connectivity index (χ2v) is 5.64. The largest absolute Gasteiger partial charge is 0.343 e. The maximum atomic E-state index is 13.1. The lowest BCUT2D eigenvalue weighted by Crippen LogP contribution is -2.47. The van der Waals surface area contributed by atoms with Gasteiger partial charge >= 0.3 is 0 Å². The summed E-state index contributed by atoms with van der Waals surface area (Å²) in [5.74, 6) is -2.95. The van der Waals surface area contributed by atoms with Gasteiger partial charge in [0.05, 0.1) is 12.6 Å². The lowest BCUT2D eigenvalue weighted by molar-refractivity contribution is -0.133. The molecule has 0 aromatic heterocycles. The average Bonchev–Trinajstić information content (AvgIpc) is 2.94. The Kier molecular flexibility index (Phi) is 8.39. The molecule has 0 spiro atoms. The molecule has 1 amide bonds. The maximum absolute atomic E-state index is 13.1. The molecule has 2 aliphatic heterocycles. The van der Waals surface area contributed by atoms with Crippen LogP contribution in [0.25, 0.3) is 0 Å². The van der Waals surface area contributed by atoms with E-state index in [1.165, 1.54) is 0 Å². The highest BCUT2D eigenvalue weighted by molar-refractivity contribution is 5.85. The van der Waals surface area contributed by atoms with Crippen molar-refractivity contribution in [1.29, 1.82) is 0 Å². The van der Waals surface area contributed by atoms with Gasteiger partial charge in [-0.15, -0.1) is 24.8 Å². The Labute approximate surface area is 137 Å². The van der Waals surface area contributed by atoms with Gasteiger partial charge in [-0.25, -0.2) is 8.78 Å². The third-order valence-corrected chi connectivity index (χ3v) is 4.17. The van der Waals surface area contributed by atoms with Crippen molar-refractivity contribution in [2.45, 2.75) is 44.2 Å². The fraction of sp³-hybridized carbons (Fsp3) is 0.923. The molecule has 2 unspecified atom stereocenters. The second-order valence-electron chi connectivity index (χ2n) is 5.64. The summed E-state index contributed by atoms with van der Waals surface area (Å²) in [4.78, 5) is 16.1. The average molecular weight is 348 g/mol. The van der Waals surface area contributed by atoms with Gasteiger partial charge in [-0.3, -0.25) is 15.0 Å². The summed E-state index contributed by atoms with van der Waals surface area (Å²) in [5, 5.41) is 2.62. The van der Waals surface area contributed by atoms with Gasteiger partial charge in [0.25, 0.3) is 5.92 Å². The fourth-order valence-corrected chi connectivity index (χ4v) is 3.08. The van der Waals surface area contributed by atoms with Crippen LogP contribution in [0.2, 0.25) is 0 Å². The lowest BCUT2D eigenvalue weighted by atomic mass is 10.1. The minimum Gasteiger partial charge on any atom is -0.343 e. The number of alkyl halides is 2. The molecular weight excluding hydrogens is 323 g/mol. The summed E-state index contributed by atoms with van der Waals surface area (Å²) >= 11 is 0. The van der Waals surface area contributed by atoms with Crippen molar-refractivity contribution in [3.05, 3.63) is 0 Å². The molecule has 0 bridgehead atoms. The highest BCUT2D eigenvalue weighted by atomic mass is 35.5. The van der Waals surface area contributed by atoms with E-state index in [0.717, 1.165) is 25.9 Å². The van der Waals surface area contributed by atoms with Gasteiger partial charge in [-0.05, 0) is 25.9 Å². The summed E-state index contributed by atoms with van der Waals surface area (Å²) in [7, 11) is 1.71. The molecule has 0 aromatic rings. The number of likely N-dealkylation sites (N-methyl/N-ethyl adjacent to an activating group) is 2. The predicted octanol–water partition coefficient (Wildman–Crippen LogP) is 1.77. The van der Waals surface area contributed by atoms with Gasteiger partial charge in [0, 0.05) is 26.1 Å². The SMILES string of the molecule is CCN1CCCC1CN(C)C(=O)C1CC(F)(F)CN1.Cl.Cl. The van der Waals surface area contributed by atoms with Crippen LogP contribution >= 0.6 is 24.8 Å². The molecule has 1 N–H and O–H groups in total. The molecule has 2 rings (SSSR count). The summed E-state index contributed by atoms with van der Waals surface area (Å²) in [6.07, 6.45) is 1.86. The van der Waals surface area contributed by atoms with Gasteiger partial charge in [0.2, 0.25) is 5.91 Å². The summed E-state index contributed by atoms with van der Waals surface area (Å²) in [6.45, 7) is 4.41. The van der Waals surface area contributed by atoms with Crippen LogP contribution in [0, 0.1) is 0 Å². The molecule has 8 heteroatoms. The van der Waals surface area contributed by atoms with Crippen molar-refractivity contribution < 1.29 is 13.6 Å². The zero-order chi connectivity index (χ0) is 14.0. The van der Waals surface area contributed by atoms with E-state index >= 15 is 0 Å². The number of carbonyl (C=O) groups is 1. The summed E-state index contributed by atoms with van der Waals surface area (Å²) in [5.41, 5.74) is 0. The van der Waals surface area contributed by atoms with Crippen molar-refractivity contribution in [1.82, 2.24) is 15.1 Å². The first kappa shape index (κ1) is 20.8. The third kappa shape index (κ3) is 5.20. The first-order chi connectivity index (χ1) is 8.93. The van der Waals surface area contributed by atoms with E-state index in [4.69, 9.17) is 0 Å². The zero-order valence-electron chi connectivity index (χ0n) is 12.5. The molecule has 0 saturated carbocycles. The normalized spacial score (nSPS) is 27.8. The number of likely N-dealkylation sites (tertiary alicyclic amines) is 1. The van der Waals surface area contributed by atoms with E-state index in [2.05, 4.69) is 17.1 Å². The molecule has 2 saturated heterocycles. The van der Waals surface area contributed by atoms with Crippen molar-refractivity contribution >= 4 is 30.7 Å². The Morgan fingerprint density at radius 2 is 2.10 bits per heavy atom. The number of nitrogens with one attached hydrogen (secondary N) is 1. The zero-order valence-corrected chi connectivity index (χ0v) is 14.1. The van der Waals surface area contributed by atoms with Crippen LogP contribution in [-0.4, -0.2) is 66.9 Å². The highest BCUT2D eigenvalue weighted by Gasteiger charge is 2.43. The van der Waals surface area contributed by atoms with E-state index < -0.39 is 12.0 Å². The van der Waals surface area contributed by atoms with Gasteiger partial charge in [-0.1, -0.05) is 6.92 Å². The molecule has 2 aliphatic rings. The van der Waals surface area contributed by atoms with E-state index in [-0.39, 0.29) is 43.7 Å². The smallest absolute Gasteiger partial charge is 0.262 e. The van der Waals surface area contributed by atoms with Crippen LogP contribution in [0.3, 0.4) is 0 Å². The number of nitrogens with zero attached hydrogens (tertiary/aromatic N) is 2. The van der Waals surface area contributed by atoms with Crippen molar-refractivity contribution in [2.75, 3.05) is 33.2 Å². The van der Waals surface area contributed by atoms with E-state index in [1.54, 1.807) is 11.9 Å². The highest BCUT2D eigenvalue weighted by Crippen LogP contribution is 2.26. The Morgan fingerprint density at radius 3 is 2.62 bits per heavy atom. The fourth-order valence-electron chi connectivity index (χ4n) is 3.08. The quantitative estimate of drug-likeness (QED) is 0.841. The van der Waals surface area contributed by atoms with Gasteiger partial charge in [0.15, 0.2) is 0 Å². The minimum absolute atomic E-state index is 0. The van der Waals surface area contributed by atoms with E-state index in [9.17, 15) is 13.6 Å². The van der Waals surface area contributed by atoms with Crippen LogP contribution in [0.15, 0.2) is 0 Å². The van der Waals surface area contributed by atoms with Gasteiger partial charge in [-0.2, -0.15) is 0 Å². The van der Waals surface area contributed by atoms with Crippen molar-refractivity contribution in [3.8, 4) is 0 Å². The maximum Gasteiger partial charge on any atom is 0.262 e. The first-order valence-corrected chi connectivity index (χ1v) is 7.03. The Morgan fingerprint density at radius 1 is 1.43 bits per heavy atom. The number of rotatable bonds is 4. The van der Waals surface area contributed by atoms with Crippen LogP contribution in [-0.2, 0) is 4.79 Å². The van der Waals surface area contributed by atoms with Gasteiger partial charge in [0.1, 0.15) is 0 Å². The number of hydrogen-bond acceptors (Lipinski definition) is 3. The molecule has 4 nitrogen and oxygen atoms in total. The van der Waals surface area contributed by atoms with Crippen LogP contribution in [0.5, 0.6) is 0 Å². The molecule has 0 aliphatic carbocycles. The van der Waals surface area contributed by atoms with E-state index in [0.29, 0.717) is 12.6 Å². The molecule has 0 aromatic carbocycles. The van der Waals surface area contributed by atoms with Gasteiger partial charge < -0.3 is 4.90 Å². The molecular formula is C13H25Cl2F2N3O. The van der Waals surface area contributed by atoms with Crippen LogP contribution in [0.1, 0.15) is 26.2 Å². The Hall–Kier alpha value is -0.170. The molecule has 2 atom stereocenters. The predicted molar refractivity (Wildman–Crippen MR) is 83.8 cm³/mol. The first-order valence-electron chi connectivity index (χ1n) is 7.03. The monoisotopic (exact) mass is 347 g/mol. The van der Waals surface area contributed by atoms with E-state index in [1.807, 2.05) is 0 Å². The number of carbonyl (C=O) groups excluding carboxylic acids is 1. The topological polar surface area (TPSA) is 35.6 Å². The van der Waals surface area contributed by atoms with Crippen LogP contribution in [0.4, 0.5) is 8.78 Å². The molecule has 2 fully saturated rings. The Bertz CT molecular complexity index is 347. The summed E-state index contributed by atoms with van der Waals surface area (Å²) in [6, 6.07) is -0.350. The van der Waals surface area contributed by atoms with Crippen molar-refractivity contribution in [2.24, 2.45) is 0 Å². The molecule has 21 heavy (non-hydrogen) atoms. The molecule has 2 heterocycles. The minimum atomic E-state index is -2.75. The summed E-state index contributed by atoms with van der Waals surface area (Å²) < 4.78 is 26.2. The third-order valence-electron chi connectivity index (χ3n) is 4.17. The molecule has 0 radical (unpaired) electrons. The molecule has 126 valence electrons. The number of halogens is 4. The number of amides is 1. The Balaban J connectivity index is 0.00000200. The second kappa shape index (κ2) is 8.46. The lowest BCUT2D eigenvalue weighted by Gasteiger charge is -2.29. The van der Waals surface area contributed by atoms with Crippen LogP contribution < -0.4 is 5.32 Å². The number of hydrogen-bond donors (Lipinski definition) is 1.